The third-order valence-electron chi connectivity index (χ3n) is 5.44. The summed E-state index contributed by atoms with van der Waals surface area (Å²) in [6.45, 7) is 3.58. The molecule has 3 rings (SSSR count). The highest BCUT2D eigenvalue weighted by molar-refractivity contribution is 6.33. The van der Waals surface area contributed by atoms with Gasteiger partial charge in [0.05, 0.1) is 16.3 Å². The second kappa shape index (κ2) is 7.77. The Labute approximate surface area is 160 Å². The Bertz CT molecular complexity index is 755. The van der Waals surface area contributed by atoms with Crippen molar-refractivity contribution in [1.82, 2.24) is 10.2 Å². The smallest absolute Gasteiger partial charge is 0.255 e. The fourth-order valence-electron chi connectivity index (χ4n) is 4.13. The Morgan fingerprint density at radius 3 is 2.92 bits per heavy atom. The lowest BCUT2D eigenvalue weighted by atomic mass is 10.0. The van der Waals surface area contributed by atoms with Crippen molar-refractivity contribution in [2.45, 2.75) is 63.8 Å². The molecule has 2 bridgehead atoms. The van der Waals surface area contributed by atoms with Gasteiger partial charge < -0.3 is 15.8 Å². The van der Waals surface area contributed by atoms with E-state index in [1.54, 1.807) is 19.1 Å². The summed E-state index contributed by atoms with van der Waals surface area (Å²) < 4.78 is 5.83. The second-order valence-corrected chi connectivity index (χ2v) is 7.56. The minimum absolute atomic E-state index is 0.150. The van der Waals surface area contributed by atoms with Gasteiger partial charge in [-0.3, -0.25) is 9.69 Å². The van der Waals surface area contributed by atoms with Gasteiger partial charge in [-0.1, -0.05) is 23.9 Å². The molecular formula is C20H26ClN3O2. The summed E-state index contributed by atoms with van der Waals surface area (Å²) in [6.07, 6.45) is 4.19. The van der Waals surface area contributed by atoms with Crippen molar-refractivity contribution in [3.63, 3.8) is 0 Å². The fraction of sp³-hybridized carbons (Fsp3) is 0.550. The van der Waals surface area contributed by atoms with E-state index in [1.165, 1.54) is 12.8 Å². The van der Waals surface area contributed by atoms with Gasteiger partial charge in [0.25, 0.3) is 5.91 Å². The van der Waals surface area contributed by atoms with E-state index in [2.05, 4.69) is 29.1 Å². The number of likely N-dealkylation sites (N-methyl/N-ethyl adjacent to an activating group) is 1. The van der Waals surface area contributed by atoms with E-state index in [1.807, 2.05) is 6.92 Å². The van der Waals surface area contributed by atoms with E-state index in [0.29, 0.717) is 34.1 Å². The number of nitrogens with zero attached hydrogens (tertiary/aromatic N) is 1. The molecule has 2 heterocycles. The van der Waals surface area contributed by atoms with Gasteiger partial charge in [0.2, 0.25) is 0 Å². The quantitative estimate of drug-likeness (QED) is 0.627. The molecule has 5 nitrogen and oxygen atoms in total. The number of nitrogens with one attached hydrogen (secondary N) is 1. The monoisotopic (exact) mass is 375 g/mol. The van der Waals surface area contributed by atoms with Crippen LogP contribution in [0.4, 0.5) is 5.69 Å². The van der Waals surface area contributed by atoms with Crippen LogP contribution in [0.2, 0.25) is 5.02 Å². The minimum atomic E-state index is -0.344. The number of halogens is 1. The molecule has 0 spiro atoms. The van der Waals surface area contributed by atoms with Gasteiger partial charge in [-0.05, 0) is 46.2 Å². The molecule has 0 saturated carbocycles. The van der Waals surface area contributed by atoms with Crippen LogP contribution in [0.5, 0.6) is 5.75 Å². The topological polar surface area (TPSA) is 67.6 Å². The Balaban J connectivity index is 1.81. The van der Waals surface area contributed by atoms with Gasteiger partial charge in [0, 0.05) is 24.2 Å². The zero-order valence-electron chi connectivity index (χ0n) is 15.5. The largest absolute Gasteiger partial charge is 0.477 e. The van der Waals surface area contributed by atoms with Crippen molar-refractivity contribution in [3.8, 4) is 17.6 Å². The molecule has 140 valence electrons. The van der Waals surface area contributed by atoms with E-state index in [4.69, 9.17) is 22.1 Å². The molecule has 2 aliphatic heterocycles. The standard InChI is InChI=1S/C20H26ClN3O2/c1-4-6-12(2)26-19-11-16(22)15(21)10-14(19)20(25)23-17-9-13-7-5-8-18(17)24(13)3/h10-13,17-18H,5,7-9,22H2,1-3H3,(H,23,25). The number of hydrogen-bond acceptors (Lipinski definition) is 4. The molecule has 0 radical (unpaired) electrons. The molecule has 2 aliphatic rings. The molecule has 2 fully saturated rings. The maximum absolute atomic E-state index is 13.0. The molecule has 1 amide bonds. The average molecular weight is 376 g/mol. The number of carbonyl (C=O) groups is 1. The highest BCUT2D eigenvalue weighted by Gasteiger charge is 2.42. The third kappa shape index (κ3) is 3.77. The Kier molecular flexibility index (Phi) is 5.64. The zero-order chi connectivity index (χ0) is 18.8. The molecular weight excluding hydrogens is 350 g/mol. The predicted molar refractivity (Wildman–Crippen MR) is 104 cm³/mol. The lowest BCUT2D eigenvalue weighted by molar-refractivity contribution is 0.0916. The Hall–Kier alpha value is -1.90. The molecule has 4 unspecified atom stereocenters. The summed E-state index contributed by atoms with van der Waals surface area (Å²) in [6, 6.07) is 4.29. The second-order valence-electron chi connectivity index (χ2n) is 7.16. The summed E-state index contributed by atoms with van der Waals surface area (Å²) in [4.78, 5) is 15.4. The van der Waals surface area contributed by atoms with E-state index >= 15 is 0 Å². The number of rotatable bonds is 4. The number of anilines is 1. The minimum Gasteiger partial charge on any atom is -0.477 e. The van der Waals surface area contributed by atoms with Gasteiger partial charge in [-0.15, -0.1) is 5.92 Å². The molecule has 3 N–H and O–H groups in total. The van der Waals surface area contributed by atoms with Crippen molar-refractivity contribution < 1.29 is 9.53 Å². The van der Waals surface area contributed by atoms with Gasteiger partial charge in [0.1, 0.15) is 5.75 Å². The molecule has 26 heavy (non-hydrogen) atoms. The maximum atomic E-state index is 13.0. The molecule has 0 aliphatic carbocycles. The number of piperidine rings is 1. The first-order valence-electron chi connectivity index (χ1n) is 9.11. The van der Waals surface area contributed by atoms with Crippen LogP contribution < -0.4 is 15.8 Å². The number of fused-ring (bicyclic) bond motifs is 2. The predicted octanol–water partition coefficient (Wildman–Crippen LogP) is 3.07. The van der Waals surface area contributed by atoms with Crippen LogP contribution in [0.1, 0.15) is 49.9 Å². The van der Waals surface area contributed by atoms with E-state index in [-0.39, 0.29) is 18.1 Å². The number of hydrogen-bond donors (Lipinski definition) is 2. The van der Waals surface area contributed by atoms with Crippen LogP contribution in [0.25, 0.3) is 0 Å². The van der Waals surface area contributed by atoms with Crippen molar-refractivity contribution in [3.05, 3.63) is 22.7 Å². The summed E-state index contributed by atoms with van der Waals surface area (Å²) in [7, 11) is 2.15. The normalized spacial score (nSPS) is 25.9. The average Bonchev–Trinajstić information content (AvgIpc) is 2.76. The lowest BCUT2D eigenvalue weighted by Gasteiger charge is -2.32. The number of ether oxygens (including phenoxy) is 1. The first-order chi connectivity index (χ1) is 12.4. The molecule has 2 saturated heterocycles. The number of nitrogen functional groups attached to an aromatic ring is 1. The number of amides is 1. The highest BCUT2D eigenvalue weighted by Crippen LogP contribution is 2.35. The van der Waals surface area contributed by atoms with Gasteiger partial charge in [-0.25, -0.2) is 0 Å². The van der Waals surface area contributed by atoms with Crippen LogP contribution in [-0.4, -0.2) is 42.1 Å². The SMILES string of the molecule is CC#CC(C)Oc1cc(N)c(Cl)cc1C(=O)NC1CC2CCCC1N2C. The van der Waals surface area contributed by atoms with Crippen LogP contribution in [0.15, 0.2) is 12.1 Å². The van der Waals surface area contributed by atoms with Gasteiger partial charge in [-0.2, -0.15) is 0 Å². The summed E-state index contributed by atoms with van der Waals surface area (Å²) in [5, 5.41) is 3.54. The van der Waals surface area contributed by atoms with E-state index in [0.717, 1.165) is 12.8 Å². The molecule has 1 aromatic carbocycles. The van der Waals surface area contributed by atoms with Crippen molar-refractivity contribution in [2.24, 2.45) is 0 Å². The zero-order valence-corrected chi connectivity index (χ0v) is 16.3. The molecule has 0 aromatic heterocycles. The van der Waals surface area contributed by atoms with Crippen LogP contribution in [0, 0.1) is 11.8 Å². The maximum Gasteiger partial charge on any atom is 0.255 e. The number of benzene rings is 1. The third-order valence-corrected chi connectivity index (χ3v) is 5.77. The fourth-order valence-corrected chi connectivity index (χ4v) is 4.29. The van der Waals surface area contributed by atoms with E-state index < -0.39 is 0 Å². The lowest BCUT2D eigenvalue weighted by Crippen LogP contribution is -2.45. The summed E-state index contributed by atoms with van der Waals surface area (Å²) in [5.41, 5.74) is 6.69. The highest BCUT2D eigenvalue weighted by atomic mass is 35.5. The first-order valence-corrected chi connectivity index (χ1v) is 9.49. The van der Waals surface area contributed by atoms with Crippen molar-refractivity contribution >= 4 is 23.2 Å². The molecule has 6 heteroatoms. The first kappa shape index (κ1) is 18.9. The van der Waals surface area contributed by atoms with Crippen LogP contribution in [-0.2, 0) is 0 Å². The Morgan fingerprint density at radius 2 is 2.23 bits per heavy atom. The van der Waals surface area contributed by atoms with Crippen molar-refractivity contribution in [2.75, 3.05) is 12.8 Å². The molecule has 1 aromatic rings. The number of carbonyl (C=O) groups excluding carboxylic acids is 1. The van der Waals surface area contributed by atoms with Crippen LogP contribution in [0.3, 0.4) is 0 Å². The number of nitrogens with two attached hydrogens (primary N) is 1. The Morgan fingerprint density at radius 1 is 1.46 bits per heavy atom. The van der Waals surface area contributed by atoms with Gasteiger partial charge >= 0.3 is 0 Å². The summed E-state index contributed by atoms with van der Waals surface area (Å²) >= 11 is 6.16. The summed E-state index contributed by atoms with van der Waals surface area (Å²) in [5.74, 6) is 5.97. The van der Waals surface area contributed by atoms with Crippen LogP contribution >= 0.6 is 11.6 Å². The van der Waals surface area contributed by atoms with E-state index in [9.17, 15) is 4.79 Å². The van der Waals surface area contributed by atoms with Gasteiger partial charge in [0.15, 0.2) is 6.10 Å². The molecule has 4 atom stereocenters. The van der Waals surface area contributed by atoms with Crippen molar-refractivity contribution in [1.29, 1.82) is 0 Å².